The monoisotopic (exact) mass is 291 g/mol. The zero-order chi connectivity index (χ0) is 14.4. The lowest BCUT2D eigenvalue weighted by Crippen LogP contribution is -2.17. The molecule has 1 heterocycles. The number of nitrogens with one attached hydrogen (secondary N) is 1. The SMILES string of the molecule is O=[N+]([O-])c1cc(Cl)ccc1CNCCc1cccnc1. The van der Waals surface area contributed by atoms with Crippen LogP contribution in [0.15, 0.2) is 42.7 Å². The highest BCUT2D eigenvalue weighted by molar-refractivity contribution is 6.30. The predicted octanol–water partition coefficient (Wildman–Crippen LogP) is 2.98. The molecular weight excluding hydrogens is 278 g/mol. The Morgan fingerprint density at radius 3 is 2.90 bits per heavy atom. The van der Waals surface area contributed by atoms with E-state index in [1.807, 2.05) is 18.3 Å². The standard InChI is InChI=1S/C14H14ClN3O2/c15-13-4-3-12(14(8-13)18(19)20)10-17-7-5-11-2-1-6-16-9-11/h1-4,6,8-9,17H,5,7,10H2. The van der Waals surface area contributed by atoms with Crippen molar-refractivity contribution in [3.63, 3.8) is 0 Å². The van der Waals surface area contributed by atoms with Crippen LogP contribution in [-0.4, -0.2) is 16.5 Å². The lowest BCUT2D eigenvalue weighted by Gasteiger charge is -2.06. The van der Waals surface area contributed by atoms with Crippen molar-refractivity contribution in [2.75, 3.05) is 6.54 Å². The molecule has 1 aromatic heterocycles. The normalized spacial score (nSPS) is 10.4. The Balaban J connectivity index is 1.90. The van der Waals surface area contributed by atoms with Crippen molar-refractivity contribution in [2.24, 2.45) is 0 Å². The summed E-state index contributed by atoms with van der Waals surface area (Å²) in [7, 11) is 0. The number of hydrogen-bond donors (Lipinski definition) is 1. The number of hydrogen-bond acceptors (Lipinski definition) is 4. The van der Waals surface area contributed by atoms with Crippen LogP contribution < -0.4 is 5.32 Å². The molecule has 20 heavy (non-hydrogen) atoms. The second kappa shape index (κ2) is 6.98. The third-order valence-corrected chi connectivity index (χ3v) is 3.11. The van der Waals surface area contributed by atoms with Crippen LogP contribution >= 0.6 is 11.6 Å². The molecule has 6 heteroatoms. The van der Waals surface area contributed by atoms with E-state index in [9.17, 15) is 10.1 Å². The summed E-state index contributed by atoms with van der Waals surface area (Å²) in [6, 6.07) is 8.60. The van der Waals surface area contributed by atoms with Crippen molar-refractivity contribution in [3.05, 3.63) is 69.0 Å². The van der Waals surface area contributed by atoms with E-state index in [4.69, 9.17) is 11.6 Å². The van der Waals surface area contributed by atoms with Crippen LogP contribution in [0, 0.1) is 10.1 Å². The Bertz CT molecular complexity index is 590. The van der Waals surface area contributed by atoms with Crippen LogP contribution in [-0.2, 0) is 13.0 Å². The summed E-state index contributed by atoms with van der Waals surface area (Å²) in [4.78, 5) is 14.6. The van der Waals surface area contributed by atoms with Gasteiger partial charge in [-0.1, -0.05) is 17.7 Å². The van der Waals surface area contributed by atoms with Crippen LogP contribution in [0.3, 0.4) is 0 Å². The summed E-state index contributed by atoms with van der Waals surface area (Å²) >= 11 is 5.77. The molecule has 0 aliphatic heterocycles. The maximum Gasteiger partial charge on any atom is 0.275 e. The van der Waals surface area contributed by atoms with Crippen LogP contribution in [0.1, 0.15) is 11.1 Å². The topological polar surface area (TPSA) is 68.1 Å². The van der Waals surface area contributed by atoms with Gasteiger partial charge in [-0.05, 0) is 36.7 Å². The van der Waals surface area contributed by atoms with Gasteiger partial charge in [0.1, 0.15) is 0 Å². The van der Waals surface area contributed by atoms with Crippen molar-refractivity contribution >= 4 is 17.3 Å². The molecule has 1 N–H and O–H groups in total. The number of rotatable bonds is 6. The van der Waals surface area contributed by atoms with Crippen molar-refractivity contribution < 1.29 is 4.92 Å². The molecule has 0 saturated heterocycles. The summed E-state index contributed by atoms with van der Waals surface area (Å²) in [5.74, 6) is 0. The molecule has 2 aromatic rings. The highest BCUT2D eigenvalue weighted by Crippen LogP contribution is 2.22. The van der Waals surface area contributed by atoms with Crippen LogP contribution in [0.5, 0.6) is 0 Å². The molecule has 0 fully saturated rings. The van der Waals surface area contributed by atoms with Gasteiger partial charge in [0.05, 0.1) is 4.92 Å². The zero-order valence-electron chi connectivity index (χ0n) is 10.8. The van der Waals surface area contributed by atoms with Gasteiger partial charge in [-0.15, -0.1) is 0 Å². The van der Waals surface area contributed by atoms with E-state index in [2.05, 4.69) is 10.3 Å². The molecule has 0 aliphatic rings. The van der Waals surface area contributed by atoms with Crippen LogP contribution in [0.4, 0.5) is 5.69 Å². The Kier molecular flexibility index (Phi) is 5.03. The van der Waals surface area contributed by atoms with Gasteiger partial charge in [-0.2, -0.15) is 0 Å². The van der Waals surface area contributed by atoms with Crippen molar-refractivity contribution in [3.8, 4) is 0 Å². The number of pyridine rings is 1. The molecule has 0 unspecified atom stereocenters. The fraction of sp³-hybridized carbons (Fsp3) is 0.214. The van der Waals surface area contributed by atoms with E-state index in [-0.39, 0.29) is 5.69 Å². The molecule has 5 nitrogen and oxygen atoms in total. The minimum absolute atomic E-state index is 0.0476. The van der Waals surface area contributed by atoms with E-state index < -0.39 is 4.92 Å². The Hall–Kier alpha value is -1.98. The average Bonchev–Trinajstić information content (AvgIpc) is 2.45. The minimum Gasteiger partial charge on any atom is -0.312 e. The third kappa shape index (κ3) is 4.01. The van der Waals surface area contributed by atoms with Gasteiger partial charge in [0.25, 0.3) is 5.69 Å². The number of aromatic nitrogens is 1. The van der Waals surface area contributed by atoms with Crippen LogP contribution in [0.2, 0.25) is 5.02 Å². The highest BCUT2D eigenvalue weighted by Gasteiger charge is 2.13. The molecule has 0 spiro atoms. The van der Waals surface area contributed by atoms with Crippen LogP contribution in [0.25, 0.3) is 0 Å². The van der Waals surface area contributed by atoms with Gasteiger partial charge < -0.3 is 5.32 Å². The largest absolute Gasteiger partial charge is 0.312 e. The van der Waals surface area contributed by atoms with E-state index in [0.717, 1.165) is 18.5 Å². The molecule has 1 aromatic carbocycles. The Labute approximate surface area is 121 Å². The van der Waals surface area contributed by atoms with Gasteiger partial charge in [0, 0.05) is 35.6 Å². The first-order valence-corrected chi connectivity index (χ1v) is 6.57. The first-order valence-electron chi connectivity index (χ1n) is 6.19. The molecule has 0 bridgehead atoms. The second-order valence-electron chi connectivity index (χ2n) is 4.32. The first kappa shape index (κ1) is 14.4. The summed E-state index contributed by atoms with van der Waals surface area (Å²) in [6.07, 6.45) is 4.37. The number of nitro groups is 1. The van der Waals surface area contributed by atoms with Gasteiger partial charge >= 0.3 is 0 Å². The summed E-state index contributed by atoms with van der Waals surface area (Å²) in [6.45, 7) is 1.17. The predicted molar refractivity (Wildman–Crippen MR) is 77.8 cm³/mol. The van der Waals surface area contributed by atoms with Gasteiger partial charge in [-0.25, -0.2) is 0 Å². The number of nitrogens with zero attached hydrogens (tertiary/aromatic N) is 2. The van der Waals surface area contributed by atoms with Gasteiger partial charge in [0.2, 0.25) is 0 Å². The minimum atomic E-state index is -0.413. The highest BCUT2D eigenvalue weighted by atomic mass is 35.5. The fourth-order valence-electron chi connectivity index (χ4n) is 1.86. The molecule has 2 rings (SSSR count). The number of halogens is 1. The fourth-order valence-corrected chi connectivity index (χ4v) is 2.02. The van der Waals surface area contributed by atoms with E-state index >= 15 is 0 Å². The van der Waals surface area contributed by atoms with Crippen molar-refractivity contribution in [1.82, 2.24) is 10.3 Å². The Morgan fingerprint density at radius 2 is 2.20 bits per heavy atom. The van der Waals surface area contributed by atoms with Crippen molar-refractivity contribution in [1.29, 1.82) is 0 Å². The third-order valence-electron chi connectivity index (χ3n) is 2.87. The van der Waals surface area contributed by atoms with E-state index in [1.165, 1.54) is 6.07 Å². The molecule has 0 saturated carbocycles. The zero-order valence-corrected chi connectivity index (χ0v) is 11.5. The molecule has 104 valence electrons. The van der Waals surface area contributed by atoms with E-state index in [1.54, 1.807) is 18.3 Å². The lowest BCUT2D eigenvalue weighted by molar-refractivity contribution is -0.385. The molecule has 0 aliphatic carbocycles. The summed E-state index contributed by atoms with van der Waals surface area (Å²) in [5, 5.41) is 14.5. The first-order chi connectivity index (χ1) is 9.66. The maximum absolute atomic E-state index is 10.9. The summed E-state index contributed by atoms with van der Waals surface area (Å²) in [5.41, 5.74) is 1.81. The summed E-state index contributed by atoms with van der Waals surface area (Å²) < 4.78 is 0. The van der Waals surface area contributed by atoms with Gasteiger partial charge in [-0.3, -0.25) is 15.1 Å². The molecule has 0 atom stereocenters. The number of nitro benzene ring substituents is 1. The lowest BCUT2D eigenvalue weighted by atomic mass is 10.1. The molecule has 0 radical (unpaired) electrons. The number of benzene rings is 1. The molecular formula is C14H14ClN3O2. The molecule has 0 amide bonds. The second-order valence-corrected chi connectivity index (χ2v) is 4.75. The smallest absolute Gasteiger partial charge is 0.275 e. The average molecular weight is 292 g/mol. The van der Waals surface area contributed by atoms with Gasteiger partial charge in [0.15, 0.2) is 0 Å². The Morgan fingerprint density at radius 1 is 1.35 bits per heavy atom. The quantitative estimate of drug-likeness (QED) is 0.505. The maximum atomic E-state index is 10.9. The van der Waals surface area contributed by atoms with Crippen molar-refractivity contribution in [2.45, 2.75) is 13.0 Å². The van der Waals surface area contributed by atoms with E-state index in [0.29, 0.717) is 17.1 Å².